The molecule has 7 heteroatoms. The summed E-state index contributed by atoms with van der Waals surface area (Å²) in [4.78, 5) is 23.2. The van der Waals surface area contributed by atoms with Crippen molar-refractivity contribution in [2.24, 2.45) is 0 Å². The largest absolute Gasteiger partial charge is 0.326 e. The molecule has 0 aromatic heterocycles. The summed E-state index contributed by atoms with van der Waals surface area (Å²) < 4.78 is 26.7. The fourth-order valence-corrected chi connectivity index (χ4v) is 3.19. The van der Waals surface area contributed by atoms with Crippen LogP contribution in [0.4, 0.5) is 5.69 Å². The Morgan fingerprint density at radius 1 is 1.12 bits per heavy atom. The smallest absolute Gasteiger partial charge is 0.240 e. The maximum absolute atomic E-state index is 12.2. The molecule has 2 aromatic carbocycles. The highest BCUT2D eigenvalue weighted by Crippen LogP contribution is 2.12. The number of sulfonamides is 1. The van der Waals surface area contributed by atoms with Gasteiger partial charge in [-0.05, 0) is 37.3 Å². The normalized spacial score (nSPS) is 10.8. The quantitative estimate of drug-likeness (QED) is 0.577. The first-order chi connectivity index (χ1) is 12.3. The molecule has 1 amide bonds. The van der Waals surface area contributed by atoms with Gasteiger partial charge in [0.2, 0.25) is 15.9 Å². The molecule has 0 aliphatic carbocycles. The molecule has 0 bridgehead atoms. The van der Waals surface area contributed by atoms with Gasteiger partial charge in [0.05, 0.1) is 4.90 Å². The van der Waals surface area contributed by atoms with Crippen LogP contribution in [0.25, 0.3) is 0 Å². The van der Waals surface area contributed by atoms with Crippen molar-refractivity contribution in [1.29, 1.82) is 0 Å². The standard InChI is InChI=1S/C19H18N2O4S/c1-3-15-5-4-6-17(13-15)21-19(23)11-12-20-26(24,25)18-9-7-16(8-10-18)14(2)22/h1,4-10,13,20H,11-12H2,2H3,(H,21,23). The molecule has 0 unspecified atom stereocenters. The summed E-state index contributed by atoms with van der Waals surface area (Å²) >= 11 is 0. The van der Waals surface area contributed by atoms with E-state index < -0.39 is 10.0 Å². The van der Waals surface area contributed by atoms with Crippen LogP contribution in [-0.4, -0.2) is 26.7 Å². The zero-order valence-electron chi connectivity index (χ0n) is 14.2. The number of ketones is 1. The Hall–Kier alpha value is -2.95. The Labute approximate surface area is 152 Å². The minimum absolute atomic E-state index is 0.0321. The van der Waals surface area contributed by atoms with Crippen LogP contribution in [0.5, 0.6) is 0 Å². The van der Waals surface area contributed by atoms with Crippen LogP contribution in [0, 0.1) is 12.3 Å². The summed E-state index contributed by atoms with van der Waals surface area (Å²) in [6.07, 6.45) is 5.26. The van der Waals surface area contributed by atoms with E-state index in [-0.39, 0.29) is 29.6 Å². The molecular weight excluding hydrogens is 352 g/mol. The highest BCUT2D eigenvalue weighted by Gasteiger charge is 2.14. The van der Waals surface area contributed by atoms with Crippen molar-refractivity contribution in [3.8, 4) is 12.3 Å². The van der Waals surface area contributed by atoms with Gasteiger partial charge in [0.1, 0.15) is 0 Å². The zero-order valence-corrected chi connectivity index (χ0v) is 15.0. The van der Waals surface area contributed by atoms with Crippen molar-refractivity contribution in [1.82, 2.24) is 4.72 Å². The minimum atomic E-state index is -3.75. The molecule has 0 aliphatic heterocycles. The van der Waals surface area contributed by atoms with E-state index >= 15 is 0 Å². The summed E-state index contributed by atoms with van der Waals surface area (Å²) in [6.45, 7) is 1.34. The molecule has 134 valence electrons. The number of Topliss-reactive ketones (excluding diaryl/α,β-unsaturated/α-hetero) is 1. The van der Waals surface area contributed by atoms with Gasteiger partial charge in [-0.25, -0.2) is 13.1 Å². The van der Waals surface area contributed by atoms with Gasteiger partial charge in [0.15, 0.2) is 5.78 Å². The average Bonchev–Trinajstić information content (AvgIpc) is 2.61. The predicted octanol–water partition coefficient (Wildman–Crippen LogP) is 2.18. The fourth-order valence-electron chi connectivity index (χ4n) is 2.16. The van der Waals surface area contributed by atoms with Crippen molar-refractivity contribution < 1.29 is 18.0 Å². The van der Waals surface area contributed by atoms with Crippen LogP contribution in [-0.2, 0) is 14.8 Å². The molecule has 6 nitrogen and oxygen atoms in total. The maximum Gasteiger partial charge on any atom is 0.240 e. The molecule has 0 heterocycles. The lowest BCUT2D eigenvalue weighted by Gasteiger charge is -2.08. The number of carbonyl (C=O) groups is 2. The molecule has 0 fully saturated rings. The van der Waals surface area contributed by atoms with Crippen molar-refractivity contribution in [3.05, 3.63) is 59.7 Å². The number of rotatable bonds is 7. The van der Waals surface area contributed by atoms with Gasteiger partial charge in [-0.15, -0.1) is 6.42 Å². The van der Waals surface area contributed by atoms with Gasteiger partial charge in [0, 0.05) is 29.8 Å². The minimum Gasteiger partial charge on any atom is -0.326 e. The van der Waals surface area contributed by atoms with Crippen LogP contribution >= 0.6 is 0 Å². The first-order valence-corrected chi connectivity index (χ1v) is 9.27. The molecule has 0 saturated heterocycles. The lowest BCUT2D eigenvalue weighted by molar-refractivity contribution is -0.116. The first-order valence-electron chi connectivity index (χ1n) is 7.79. The van der Waals surface area contributed by atoms with E-state index in [0.717, 1.165) is 0 Å². The SMILES string of the molecule is C#Cc1cccc(NC(=O)CCNS(=O)(=O)c2ccc(C(C)=O)cc2)c1. The number of amides is 1. The highest BCUT2D eigenvalue weighted by molar-refractivity contribution is 7.89. The van der Waals surface area contributed by atoms with Gasteiger partial charge in [-0.3, -0.25) is 9.59 Å². The maximum atomic E-state index is 12.2. The number of nitrogens with one attached hydrogen (secondary N) is 2. The second-order valence-electron chi connectivity index (χ2n) is 5.50. The molecule has 0 radical (unpaired) electrons. The van der Waals surface area contributed by atoms with E-state index in [0.29, 0.717) is 16.8 Å². The zero-order chi connectivity index (χ0) is 19.2. The second kappa shape index (κ2) is 8.43. The molecule has 0 aliphatic rings. The molecular formula is C19H18N2O4S. The Kier molecular flexibility index (Phi) is 6.28. The Bertz CT molecular complexity index is 958. The van der Waals surface area contributed by atoms with Crippen LogP contribution < -0.4 is 10.0 Å². The lowest BCUT2D eigenvalue weighted by Crippen LogP contribution is -2.27. The molecule has 0 spiro atoms. The van der Waals surface area contributed by atoms with E-state index in [1.54, 1.807) is 24.3 Å². The summed E-state index contributed by atoms with van der Waals surface area (Å²) in [6, 6.07) is 12.4. The van der Waals surface area contributed by atoms with E-state index in [1.165, 1.54) is 31.2 Å². The topological polar surface area (TPSA) is 92.3 Å². The fraction of sp³-hybridized carbons (Fsp3) is 0.158. The monoisotopic (exact) mass is 370 g/mol. The molecule has 0 atom stereocenters. The summed E-state index contributed by atoms with van der Waals surface area (Å²) in [5.74, 6) is 1.98. The average molecular weight is 370 g/mol. The van der Waals surface area contributed by atoms with Crippen LogP contribution in [0.15, 0.2) is 53.4 Å². The van der Waals surface area contributed by atoms with Gasteiger partial charge in [-0.1, -0.05) is 24.1 Å². The summed E-state index contributed by atoms with van der Waals surface area (Å²) in [7, 11) is -3.75. The van der Waals surface area contributed by atoms with E-state index in [1.807, 2.05) is 0 Å². The van der Waals surface area contributed by atoms with E-state index in [2.05, 4.69) is 16.0 Å². The van der Waals surface area contributed by atoms with Crippen LogP contribution in [0.2, 0.25) is 0 Å². The number of benzene rings is 2. The van der Waals surface area contributed by atoms with Crippen LogP contribution in [0.3, 0.4) is 0 Å². The van der Waals surface area contributed by atoms with Gasteiger partial charge in [0.25, 0.3) is 0 Å². The van der Waals surface area contributed by atoms with Gasteiger partial charge >= 0.3 is 0 Å². The van der Waals surface area contributed by atoms with Gasteiger partial charge < -0.3 is 5.32 Å². The van der Waals surface area contributed by atoms with Gasteiger partial charge in [-0.2, -0.15) is 0 Å². The summed E-state index contributed by atoms with van der Waals surface area (Å²) in [5, 5.41) is 2.66. The third kappa shape index (κ3) is 5.28. The molecule has 2 N–H and O–H groups in total. The second-order valence-corrected chi connectivity index (χ2v) is 7.27. The number of terminal acetylenes is 1. The molecule has 2 rings (SSSR count). The molecule has 2 aromatic rings. The third-order valence-corrected chi connectivity index (χ3v) is 5.01. The first kappa shape index (κ1) is 19.4. The Morgan fingerprint density at radius 3 is 2.42 bits per heavy atom. The Morgan fingerprint density at radius 2 is 1.81 bits per heavy atom. The van der Waals surface area contributed by atoms with Crippen LogP contribution in [0.1, 0.15) is 29.3 Å². The number of hydrogen-bond acceptors (Lipinski definition) is 4. The van der Waals surface area contributed by atoms with Crippen molar-refractivity contribution in [3.63, 3.8) is 0 Å². The van der Waals surface area contributed by atoms with Crippen molar-refractivity contribution in [2.75, 3.05) is 11.9 Å². The lowest BCUT2D eigenvalue weighted by atomic mass is 10.2. The summed E-state index contributed by atoms with van der Waals surface area (Å²) in [5.41, 5.74) is 1.61. The van der Waals surface area contributed by atoms with Crippen molar-refractivity contribution in [2.45, 2.75) is 18.2 Å². The van der Waals surface area contributed by atoms with Crippen molar-refractivity contribution >= 4 is 27.4 Å². The van der Waals surface area contributed by atoms with E-state index in [4.69, 9.17) is 6.42 Å². The Balaban J connectivity index is 1.90. The highest BCUT2D eigenvalue weighted by atomic mass is 32.2. The third-order valence-electron chi connectivity index (χ3n) is 3.53. The predicted molar refractivity (Wildman–Crippen MR) is 99.3 cm³/mol. The van der Waals surface area contributed by atoms with E-state index in [9.17, 15) is 18.0 Å². The molecule has 26 heavy (non-hydrogen) atoms. The number of carbonyl (C=O) groups excluding carboxylic acids is 2. The number of hydrogen-bond donors (Lipinski definition) is 2. The molecule has 0 saturated carbocycles. The number of anilines is 1.